The Balaban J connectivity index is 1.86. The highest BCUT2D eigenvalue weighted by molar-refractivity contribution is 5.88. The van der Waals surface area contributed by atoms with Crippen molar-refractivity contribution in [2.45, 2.75) is 25.3 Å². The zero-order chi connectivity index (χ0) is 32.6. The van der Waals surface area contributed by atoms with Crippen LogP contribution in [0.4, 0.5) is 13.2 Å². The van der Waals surface area contributed by atoms with Gasteiger partial charge in [0.25, 0.3) is 0 Å². The van der Waals surface area contributed by atoms with Gasteiger partial charge in [0.2, 0.25) is 22.4 Å². The largest absolute Gasteiger partial charge is 0.502 e. The summed E-state index contributed by atoms with van der Waals surface area (Å²) >= 11 is 0. The molecule has 0 aliphatic heterocycles. The number of hydrogen-bond donors (Lipinski definition) is 5. The van der Waals surface area contributed by atoms with Gasteiger partial charge in [0.05, 0.1) is 22.5 Å². The molecule has 232 valence electrons. The third-order valence-corrected chi connectivity index (χ3v) is 6.75. The van der Waals surface area contributed by atoms with Crippen LogP contribution in [0.1, 0.15) is 50.4 Å². The summed E-state index contributed by atoms with van der Waals surface area (Å²) in [5.74, 6) is -6.89. The second-order valence-electron chi connectivity index (χ2n) is 9.63. The first-order valence-corrected chi connectivity index (χ1v) is 12.9. The average molecular weight is 626 g/mol. The summed E-state index contributed by atoms with van der Waals surface area (Å²) in [5.41, 5.74) is -2.88. The number of rotatable bonds is 8. The Kier molecular flexibility index (Phi) is 8.06. The van der Waals surface area contributed by atoms with E-state index in [0.29, 0.717) is 0 Å². The van der Waals surface area contributed by atoms with Crippen molar-refractivity contribution in [2.75, 3.05) is 0 Å². The maximum atomic E-state index is 13.2. The van der Waals surface area contributed by atoms with Gasteiger partial charge in [0.15, 0.2) is 11.5 Å². The molecule has 0 fully saturated rings. The van der Waals surface area contributed by atoms with Crippen LogP contribution in [0.2, 0.25) is 0 Å². The Morgan fingerprint density at radius 1 is 0.844 bits per heavy atom. The Morgan fingerprint density at radius 3 is 1.80 bits per heavy atom. The van der Waals surface area contributed by atoms with E-state index in [2.05, 4.69) is 5.10 Å². The maximum absolute atomic E-state index is 13.2. The van der Waals surface area contributed by atoms with E-state index in [-0.39, 0.29) is 39.6 Å². The van der Waals surface area contributed by atoms with E-state index in [0.717, 1.165) is 41.1 Å². The lowest BCUT2D eigenvalue weighted by atomic mass is 9.90. The standard InChI is InChI=1S/C30H21F3N2O10/c31-30(32,33)16-5-7-17(8-6-16)35-11-20(24(34-35)14-1-3-15(4-2-14)29(42)43)23(27-25(40)21(38)9-18(12-36)44-27)28-26(41)22(39)10-19(13-37)45-28/h1-11,23,36-37,40-41H,12-13H2,(H,42,43). The number of aliphatic hydroxyl groups excluding tert-OH is 2. The third kappa shape index (κ3) is 5.93. The number of hydrogen-bond acceptors (Lipinski definition) is 10. The number of aromatic carboxylic acids is 1. The molecule has 0 aliphatic carbocycles. The lowest BCUT2D eigenvalue weighted by Gasteiger charge is -2.18. The van der Waals surface area contributed by atoms with E-state index >= 15 is 0 Å². The second-order valence-corrected chi connectivity index (χ2v) is 9.63. The summed E-state index contributed by atoms with van der Waals surface area (Å²) in [4.78, 5) is 36.8. The molecule has 0 radical (unpaired) electrons. The highest BCUT2D eigenvalue weighted by Gasteiger charge is 2.35. The first-order valence-electron chi connectivity index (χ1n) is 12.9. The normalized spacial score (nSPS) is 11.7. The summed E-state index contributed by atoms with van der Waals surface area (Å²) in [5, 5.41) is 54.9. The highest BCUT2D eigenvalue weighted by atomic mass is 19.4. The molecule has 0 atom stereocenters. The number of halogens is 3. The zero-order valence-corrected chi connectivity index (χ0v) is 22.6. The van der Waals surface area contributed by atoms with Crippen LogP contribution >= 0.6 is 0 Å². The van der Waals surface area contributed by atoms with Gasteiger partial charge < -0.3 is 34.4 Å². The Morgan fingerprint density at radius 2 is 1.36 bits per heavy atom. The van der Waals surface area contributed by atoms with E-state index in [1.165, 1.54) is 30.5 Å². The predicted octanol–water partition coefficient (Wildman–Crippen LogP) is 3.74. The molecule has 0 unspecified atom stereocenters. The molecule has 15 heteroatoms. The molecule has 0 saturated heterocycles. The number of aromatic nitrogens is 2. The lowest BCUT2D eigenvalue weighted by Crippen LogP contribution is -2.14. The van der Waals surface area contributed by atoms with Crippen molar-refractivity contribution >= 4 is 5.97 Å². The summed E-state index contributed by atoms with van der Waals surface area (Å²) in [7, 11) is 0. The molecule has 0 bridgehead atoms. The molecule has 3 heterocycles. The van der Waals surface area contributed by atoms with Crippen LogP contribution in [-0.4, -0.2) is 41.3 Å². The SMILES string of the molecule is O=C(O)c1ccc(-c2nn(-c3ccc(C(F)(F)F)cc3)cc2C(c2oc(CO)cc(=O)c2O)c2oc(CO)cc(=O)c2O)cc1. The molecule has 0 aliphatic rings. The first kappa shape index (κ1) is 30.8. The molecule has 0 saturated carbocycles. The number of carbonyl (C=O) groups is 1. The predicted molar refractivity (Wildman–Crippen MR) is 147 cm³/mol. The molecular formula is C30H21F3N2O10. The quantitative estimate of drug-likeness (QED) is 0.168. The molecule has 5 N–H and O–H groups in total. The van der Waals surface area contributed by atoms with Crippen LogP contribution in [0, 0.1) is 0 Å². The molecule has 12 nitrogen and oxygen atoms in total. The van der Waals surface area contributed by atoms with Crippen molar-refractivity contribution in [3.8, 4) is 28.4 Å². The van der Waals surface area contributed by atoms with Gasteiger partial charge in [-0.1, -0.05) is 12.1 Å². The molecular weight excluding hydrogens is 605 g/mol. The van der Waals surface area contributed by atoms with Gasteiger partial charge in [-0.05, 0) is 36.4 Å². The van der Waals surface area contributed by atoms with E-state index < -0.39 is 70.7 Å². The minimum Gasteiger partial charge on any atom is -0.502 e. The fraction of sp³-hybridized carbons (Fsp3) is 0.133. The van der Waals surface area contributed by atoms with Crippen molar-refractivity contribution < 1.29 is 52.3 Å². The number of aliphatic hydroxyl groups is 2. The van der Waals surface area contributed by atoms with Crippen LogP contribution in [0.15, 0.2) is 85.3 Å². The van der Waals surface area contributed by atoms with Crippen molar-refractivity contribution in [1.29, 1.82) is 0 Å². The van der Waals surface area contributed by atoms with Crippen LogP contribution in [0.5, 0.6) is 11.5 Å². The van der Waals surface area contributed by atoms with Gasteiger partial charge >= 0.3 is 12.1 Å². The molecule has 3 aromatic heterocycles. The minimum atomic E-state index is -4.63. The maximum Gasteiger partial charge on any atom is 0.416 e. The van der Waals surface area contributed by atoms with Gasteiger partial charge in [0, 0.05) is 29.5 Å². The van der Waals surface area contributed by atoms with Crippen LogP contribution in [0.25, 0.3) is 16.9 Å². The van der Waals surface area contributed by atoms with Crippen LogP contribution in [-0.2, 0) is 19.4 Å². The number of carboxylic acid groups (broad SMARTS) is 1. The molecule has 45 heavy (non-hydrogen) atoms. The molecule has 5 rings (SSSR count). The number of alkyl halides is 3. The van der Waals surface area contributed by atoms with E-state index in [1.807, 2.05) is 0 Å². The smallest absolute Gasteiger partial charge is 0.416 e. The van der Waals surface area contributed by atoms with Crippen molar-refractivity contribution in [3.63, 3.8) is 0 Å². The number of carboxylic acids is 1. The monoisotopic (exact) mass is 626 g/mol. The summed E-state index contributed by atoms with van der Waals surface area (Å²) in [6, 6.07) is 10.6. The van der Waals surface area contributed by atoms with Crippen molar-refractivity contribution in [2.24, 2.45) is 0 Å². The summed E-state index contributed by atoms with van der Waals surface area (Å²) < 4.78 is 52.0. The van der Waals surface area contributed by atoms with Gasteiger partial charge in [-0.25, -0.2) is 9.48 Å². The number of nitrogens with zero attached hydrogens (tertiary/aromatic N) is 2. The molecule has 0 spiro atoms. The summed E-state index contributed by atoms with van der Waals surface area (Å²) in [6.07, 6.45) is -3.39. The van der Waals surface area contributed by atoms with Crippen molar-refractivity contribution in [3.05, 3.63) is 127 Å². The Bertz CT molecular complexity index is 1940. The van der Waals surface area contributed by atoms with Crippen molar-refractivity contribution in [1.82, 2.24) is 9.78 Å². The molecule has 5 aromatic rings. The average Bonchev–Trinajstić information content (AvgIpc) is 3.45. The summed E-state index contributed by atoms with van der Waals surface area (Å²) in [6.45, 7) is -1.62. The fourth-order valence-electron chi connectivity index (χ4n) is 4.59. The van der Waals surface area contributed by atoms with E-state index in [1.54, 1.807) is 0 Å². The van der Waals surface area contributed by atoms with Gasteiger partial charge in [0.1, 0.15) is 30.7 Å². The minimum absolute atomic E-state index is 0.0373. The Hall–Kier alpha value is -5.67. The lowest BCUT2D eigenvalue weighted by molar-refractivity contribution is -0.137. The van der Waals surface area contributed by atoms with Gasteiger partial charge in [-0.2, -0.15) is 18.3 Å². The van der Waals surface area contributed by atoms with Gasteiger partial charge in [-0.3, -0.25) is 9.59 Å². The third-order valence-electron chi connectivity index (χ3n) is 6.75. The van der Waals surface area contributed by atoms with Crippen LogP contribution < -0.4 is 10.9 Å². The zero-order valence-electron chi connectivity index (χ0n) is 22.6. The van der Waals surface area contributed by atoms with E-state index in [9.17, 15) is 53.1 Å². The number of aromatic hydroxyl groups is 2. The van der Waals surface area contributed by atoms with Gasteiger partial charge in [-0.15, -0.1) is 0 Å². The molecule has 0 amide bonds. The van der Waals surface area contributed by atoms with E-state index in [4.69, 9.17) is 8.83 Å². The highest BCUT2D eigenvalue weighted by Crippen LogP contribution is 2.43. The van der Waals surface area contributed by atoms with Crippen LogP contribution in [0.3, 0.4) is 0 Å². The number of benzene rings is 2. The Labute approximate surface area is 249 Å². The first-order chi connectivity index (χ1) is 21.3. The topological polar surface area (TPSA) is 196 Å². The fourth-order valence-corrected chi connectivity index (χ4v) is 4.59. The molecule has 2 aromatic carbocycles. The second kappa shape index (κ2) is 11.8.